The molecule has 3 aromatic rings. The first kappa shape index (κ1) is 13.7. The van der Waals surface area contributed by atoms with E-state index in [0.717, 1.165) is 22.4 Å². The number of hydrogen-bond donors (Lipinski definition) is 0. The van der Waals surface area contributed by atoms with E-state index in [4.69, 9.17) is 34.8 Å². The quantitative estimate of drug-likeness (QED) is 0.635. The van der Waals surface area contributed by atoms with E-state index in [0.29, 0.717) is 15.9 Å². The Morgan fingerprint density at radius 3 is 2.75 bits per heavy atom. The number of imidazole rings is 1. The molecule has 20 heavy (non-hydrogen) atoms. The van der Waals surface area contributed by atoms with E-state index >= 15 is 0 Å². The number of nitrogens with zero attached hydrogens (tertiary/aromatic N) is 3. The number of fused-ring (bicyclic) bond motifs is 1. The molecule has 0 N–H and O–H groups in total. The van der Waals surface area contributed by atoms with Crippen LogP contribution in [0.4, 0.5) is 0 Å². The summed E-state index contributed by atoms with van der Waals surface area (Å²) in [7, 11) is 0. The molecule has 3 nitrogen and oxygen atoms in total. The van der Waals surface area contributed by atoms with E-state index in [1.165, 1.54) is 0 Å². The van der Waals surface area contributed by atoms with Crippen molar-refractivity contribution in [3.8, 4) is 5.69 Å². The zero-order valence-electron chi connectivity index (χ0n) is 10.6. The molecule has 0 aliphatic rings. The van der Waals surface area contributed by atoms with Gasteiger partial charge in [0, 0.05) is 6.20 Å². The lowest BCUT2D eigenvalue weighted by molar-refractivity contribution is 0.970. The third-order valence-electron chi connectivity index (χ3n) is 3.11. The number of pyridine rings is 1. The van der Waals surface area contributed by atoms with Crippen molar-refractivity contribution in [2.45, 2.75) is 12.8 Å². The molecular weight excluding hydrogens is 317 g/mol. The first-order valence-corrected chi connectivity index (χ1v) is 7.26. The third kappa shape index (κ3) is 2.06. The molecule has 0 aliphatic carbocycles. The zero-order chi connectivity index (χ0) is 14.3. The monoisotopic (exact) mass is 325 g/mol. The molecule has 0 aliphatic heterocycles. The summed E-state index contributed by atoms with van der Waals surface area (Å²) in [5.41, 5.74) is 3.32. The van der Waals surface area contributed by atoms with Gasteiger partial charge in [-0.25, -0.2) is 9.97 Å². The van der Waals surface area contributed by atoms with Gasteiger partial charge in [0.25, 0.3) is 0 Å². The predicted octanol–water partition coefficient (Wildman–Crippen LogP) is 4.77. The number of aryl methyl sites for hydroxylation is 1. The van der Waals surface area contributed by atoms with E-state index in [1.807, 2.05) is 29.7 Å². The van der Waals surface area contributed by atoms with Gasteiger partial charge in [-0.1, -0.05) is 29.3 Å². The molecule has 1 aromatic carbocycles. The van der Waals surface area contributed by atoms with Gasteiger partial charge < -0.3 is 0 Å². The van der Waals surface area contributed by atoms with Crippen LogP contribution in [0.3, 0.4) is 0 Å². The molecule has 2 heterocycles. The van der Waals surface area contributed by atoms with Crippen molar-refractivity contribution in [2.75, 3.05) is 0 Å². The number of benzene rings is 1. The number of rotatable bonds is 2. The number of halogens is 3. The van der Waals surface area contributed by atoms with Crippen LogP contribution in [0.5, 0.6) is 0 Å². The smallest absolute Gasteiger partial charge is 0.165 e. The number of aromatic nitrogens is 3. The largest absolute Gasteiger partial charge is 0.278 e. The minimum Gasteiger partial charge on any atom is -0.278 e. The lowest BCUT2D eigenvalue weighted by Crippen LogP contribution is -2.01. The van der Waals surface area contributed by atoms with Gasteiger partial charge in [0.15, 0.2) is 5.65 Å². The van der Waals surface area contributed by atoms with Crippen LogP contribution in [0, 0.1) is 6.92 Å². The Balaban J connectivity index is 2.41. The summed E-state index contributed by atoms with van der Waals surface area (Å²) in [6.45, 7) is 1.99. The van der Waals surface area contributed by atoms with Crippen molar-refractivity contribution < 1.29 is 0 Å². The molecule has 0 amide bonds. The predicted molar refractivity (Wildman–Crippen MR) is 83.2 cm³/mol. The Kier molecular flexibility index (Phi) is 3.59. The van der Waals surface area contributed by atoms with Gasteiger partial charge in [-0.3, -0.25) is 4.57 Å². The minimum atomic E-state index is 0.263. The van der Waals surface area contributed by atoms with Gasteiger partial charge in [0.1, 0.15) is 11.3 Å². The highest BCUT2D eigenvalue weighted by molar-refractivity contribution is 6.43. The Morgan fingerprint density at radius 1 is 1.20 bits per heavy atom. The molecule has 2 aromatic heterocycles. The maximum absolute atomic E-state index is 6.30. The van der Waals surface area contributed by atoms with E-state index in [-0.39, 0.29) is 5.88 Å². The van der Waals surface area contributed by atoms with Crippen LogP contribution in [-0.4, -0.2) is 14.5 Å². The Morgan fingerprint density at radius 2 is 2.00 bits per heavy atom. The summed E-state index contributed by atoms with van der Waals surface area (Å²) < 4.78 is 1.85. The molecular formula is C14H10Cl3N3. The second kappa shape index (κ2) is 5.24. The molecule has 0 fully saturated rings. The van der Waals surface area contributed by atoms with E-state index in [9.17, 15) is 0 Å². The highest BCUT2D eigenvalue weighted by atomic mass is 35.5. The molecule has 0 atom stereocenters. The fourth-order valence-electron chi connectivity index (χ4n) is 2.15. The number of alkyl halides is 1. The molecule has 0 radical (unpaired) electrons. The Hall–Kier alpha value is -1.29. The SMILES string of the molecule is Cc1ccnc2c1nc(CCl)n2-c1cccc(Cl)c1Cl. The van der Waals surface area contributed by atoms with Crippen molar-refractivity contribution >= 4 is 46.0 Å². The average molecular weight is 327 g/mol. The summed E-state index contributed by atoms with van der Waals surface area (Å²) in [6.07, 6.45) is 1.74. The molecule has 0 unspecified atom stereocenters. The molecule has 102 valence electrons. The standard InChI is InChI=1S/C14H10Cl3N3/c1-8-5-6-18-14-13(8)19-11(7-15)20(14)10-4-2-3-9(16)12(10)17/h2-6H,7H2,1H3. The van der Waals surface area contributed by atoms with Crippen LogP contribution >= 0.6 is 34.8 Å². The molecule has 0 spiro atoms. The van der Waals surface area contributed by atoms with Crippen molar-refractivity contribution in [3.63, 3.8) is 0 Å². The number of hydrogen-bond acceptors (Lipinski definition) is 2. The molecule has 6 heteroatoms. The lowest BCUT2D eigenvalue weighted by atomic mass is 10.2. The van der Waals surface area contributed by atoms with Crippen LogP contribution in [0.1, 0.15) is 11.4 Å². The molecule has 0 bridgehead atoms. The molecule has 0 saturated heterocycles. The van der Waals surface area contributed by atoms with Gasteiger partial charge in [-0.15, -0.1) is 11.6 Å². The summed E-state index contributed by atoms with van der Waals surface area (Å²) >= 11 is 18.4. The first-order valence-electron chi connectivity index (χ1n) is 5.96. The summed E-state index contributed by atoms with van der Waals surface area (Å²) in [6, 6.07) is 7.36. The van der Waals surface area contributed by atoms with Gasteiger partial charge in [0.2, 0.25) is 0 Å². The van der Waals surface area contributed by atoms with Crippen molar-refractivity contribution in [1.29, 1.82) is 0 Å². The van der Waals surface area contributed by atoms with Crippen LogP contribution in [0.2, 0.25) is 10.0 Å². The second-order valence-corrected chi connectivity index (χ2v) is 5.42. The fourth-order valence-corrected chi connectivity index (χ4v) is 2.71. The van der Waals surface area contributed by atoms with Crippen LogP contribution < -0.4 is 0 Å². The maximum Gasteiger partial charge on any atom is 0.165 e. The Bertz CT molecular complexity index is 796. The normalized spacial score (nSPS) is 11.2. The summed E-state index contributed by atoms with van der Waals surface area (Å²) in [5.74, 6) is 0.950. The van der Waals surface area contributed by atoms with Crippen LogP contribution in [0.15, 0.2) is 30.5 Å². The lowest BCUT2D eigenvalue weighted by Gasteiger charge is -2.10. The molecule has 0 saturated carbocycles. The zero-order valence-corrected chi connectivity index (χ0v) is 12.8. The second-order valence-electron chi connectivity index (χ2n) is 4.37. The minimum absolute atomic E-state index is 0.263. The van der Waals surface area contributed by atoms with Crippen LogP contribution in [0.25, 0.3) is 16.9 Å². The highest BCUT2D eigenvalue weighted by Crippen LogP contribution is 2.32. The fraction of sp³-hybridized carbons (Fsp3) is 0.143. The van der Waals surface area contributed by atoms with Crippen LogP contribution in [-0.2, 0) is 5.88 Å². The van der Waals surface area contributed by atoms with Crippen molar-refractivity contribution in [1.82, 2.24) is 14.5 Å². The highest BCUT2D eigenvalue weighted by Gasteiger charge is 2.17. The first-order chi connectivity index (χ1) is 9.63. The van der Waals surface area contributed by atoms with Gasteiger partial charge in [-0.2, -0.15) is 0 Å². The van der Waals surface area contributed by atoms with Gasteiger partial charge in [0.05, 0.1) is 21.6 Å². The van der Waals surface area contributed by atoms with Crippen molar-refractivity contribution in [3.05, 3.63) is 51.9 Å². The maximum atomic E-state index is 6.30. The third-order valence-corrected chi connectivity index (χ3v) is 4.16. The van der Waals surface area contributed by atoms with E-state index < -0.39 is 0 Å². The topological polar surface area (TPSA) is 30.7 Å². The Labute approximate surface area is 131 Å². The van der Waals surface area contributed by atoms with Crippen molar-refractivity contribution in [2.24, 2.45) is 0 Å². The summed E-state index contributed by atoms with van der Waals surface area (Å²) in [5, 5.41) is 0.947. The molecule has 3 rings (SSSR count). The van der Waals surface area contributed by atoms with Gasteiger partial charge in [-0.05, 0) is 30.7 Å². The van der Waals surface area contributed by atoms with E-state index in [1.54, 1.807) is 12.3 Å². The average Bonchev–Trinajstić information content (AvgIpc) is 2.82. The summed E-state index contributed by atoms with van der Waals surface area (Å²) in [4.78, 5) is 8.94. The van der Waals surface area contributed by atoms with E-state index in [2.05, 4.69) is 9.97 Å². The van der Waals surface area contributed by atoms with Gasteiger partial charge >= 0.3 is 0 Å².